The van der Waals surface area contributed by atoms with Gasteiger partial charge in [0.15, 0.2) is 0 Å². The molecule has 0 spiro atoms. The zero-order valence-corrected chi connectivity index (χ0v) is 11.2. The van der Waals surface area contributed by atoms with Crippen LogP contribution in [0.15, 0.2) is 12.1 Å². The largest absolute Gasteiger partial charge is 0.496 e. The first-order valence-corrected chi connectivity index (χ1v) is 6.20. The molecule has 4 nitrogen and oxygen atoms in total. The van der Waals surface area contributed by atoms with E-state index in [9.17, 15) is 4.79 Å². The summed E-state index contributed by atoms with van der Waals surface area (Å²) in [7, 11) is 1.65. The van der Waals surface area contributed by atoms with E-state index in [0.717, 1.165) is 35.4 Å². The van der Waals surface area contributed by atoms with Crippen LogP contribution in [0, 0.1) is 19.3 Å². The van der Waals surface area contributed by atoms with E-state index in [2.05, 4.69) is 5.32 Å². The number of hydrogen-bond donors (Lipinski definition) is 2. The summed E-state index contributed by atoms with van der Waals surface area (Å²) in [5, 5.41) is 2.98. The number of amides is 1. The van der Waals surface area contributed by atoms with Crippen LogP contribution in [0.3, 0.4) is 0 Å². The lowest BCUT2D eigenvalue weighted by Crippen LogP contribution is -2.31. The van der Waals surface area contributed by atoms with Gasteiger partial charge in [-0.25, -0.2) is 0 Å². The fourth-order valence-electron chi connectivity index (χ4n) is 2.08. The van der Waals surface area contributed by atoms with E-state index in [4.69, 9.17) is 10.5 Å². The topological polar surface area (TPSA) is 64.3 Å². The minimum atomic E-state index is -0.319. The highest BCUT2D eigenvalue weighted by Crippen LogP contribution is 2.45. The Hall–Kier alpha value is -1.55. The predicted octanol–water partition coefficient (Wildman–Crippen LogP) is 1.99. The molecule has 0 saturated heterocycles. The van der Waals surface area contributed by atoms with Gasteiger partial charge in [0.05, 0.1) is 12.5 Å². The van der Waals surface area contributed by atoms with Gasteiger partial charge in [0.2, 0.25) is 5.91 Å². The Labute approximate surface area is 108 Å². The first-order chi connectivity index (χ1) is 8.54. The van der Waals surface area contributed by atoms with Gasteiger partial charge < -0.3 is 15.8 Å². The number of ether oxygens (including phenoxy) is 1. The Morgan fingerprint density at radius 3 is 2.56 bits per heavy atom. The molecule has 3 N–H and O–H groups in total. The molecule has 0 bridgehead atoms. The van der Waals surface area contributed by atoms with Crippen LogP contribution in [-0.4, -0.2) is 19.6 Å². The van der Waals surface area contributed by atoms with Crippen molar-refractivity contribution in [2.45, 2.75) is 26.7 Å². The van der Waals surface area contributed by atoms with E-state index in [-0.39, 0.29) is 11.3 Å². The smallest absolute Gasteiger partial charge is 0.231 e. The zero-order chi connectivity index (χ0) is 13.3. The van der Waals surface area contributed by atoms with Crippen LogP contribution in [0.5, 0.6) is 5.75 Å². The summed E-state index contributed by atoms with van der Waals surface area (Å²) in [4.78, 5) is 12.1. The molecular weight excluding hydrogens is 228 g/mol. The SMILES string of the molecule is COc1ccc(NC(=O)C2(CN)CC2)c(C)c1C. The number of hydrogen-bond acceptors (Lipinski definition) is 3. The summed E-state index contributed by atoms with van der Waals surface area (Å²) in [6.45, 7) is 4.39. The minimum Gasteiger partial charge on any atom is -0.496 e. The van der Waals surface area contributed by atoms with E-state index >= 15 is 0 Å². The quantitative estimate of drug-likeness (QED) is 0.856. The van der Waals surface area contributed by atoms with Gasteiger partial charge in [-0.3, -0.25) is 4.79 Å². The van der Waals surface area contributed by atoms with Gasteiger partial charge in [-0.15, -0.1) is 0 Å². The normalized spacial score (nSPS) is 16.2. The third kappa shape index (κ3) is 2.08. The van der Waals surface area contributed by atoms with Crippen molar-refractivity contribution in [3.63, 3.8) is 0 Å². The molecule has 1 aliphatic rings. The highest BCUT2D eigenvalue weighted by molar-refractivity contribution is 5.98. The van der Waals surface area contributed by atoms with Gasteiger partial charge in [0.1, 0.15) is 5.75 Å². The lowest BCUT2D eigenvalue weighted by Gasteiger charge is -2.16. The molecule has 0 atom stereocenters. The summed E-state index contributed by atoms with van der Waals surface area (Å²) >= 11 is 0. The molecule has 0 heterocycles. The molecule has 0 aliphatic heterocycles. The number of anilines is 1. The molecule has 1 aromatic carbocycles. The van der Waals surface area contributed by atoms with Crippen LogP contribution in [0.4, 0.5) is 5.69 Å². The average molecular weight is 248 g/mol. The summed E-state index contributed by atoms with van der Waals surface area (Å²) in [6, 6.07) is 3.76. The van der Waals surface area contributed by atoms with Gasteiger partial charge in [0, 0.05) is 12.2 Å². The van der Waals surface area contributed by atoms with Crippen molar-refractivity contribution in [1.29, 1.82) is 0 Å². The van der Waals surface area contributed by atoms with E-state index in [0.29, 0.717) is 6.54 Å². The number of rotatable bonds is 4. The zero-order valence-electron chi connectivity index (χ0n) is 11.2. The van der Waals surface area contributed by atoms with Gasteiger partial charge in [-0.2, -0.15) is 0 Å². The number of benzene rings is 1. The Morgan fingerprint density at radius 1 is 1.39 bits per heavy atom. The average Bonchev–Trinajstić information content (AvgIpc) is 3.16. The summed E-state index contributed by atoms with van der Waals surface area (Å²) < 4.78 is 5.25. The molecule has 4 heteroatoms. The molecular formula is C14H20N2O2. The number of nitrogens with two attached hydrogens (primary N) is 1. The number of nitrogens with one attached hydrogen (secondary N) is 1. The van der Waals surface area contributed by atoms with E-state index in [1.807, 2.05) is 26.0 Å². The van der Waals surface area contributed by atoms with Crippen LogP contribution >= 0.6 is 0 Å². The molecule has 2 rings (SSSR count). The van der Waals surface area contributed by atoms with E-state index in [1.165, 1.54) is 0 Å². The van der Waals surface area contributed by atoms with Gasteiger partial charge in [-0.1, -0.05) is 0 Å². The third-order valence-corrected chi connectivity index (χ3v) is 3.93. The number of carbonyl (C=O) groups is 1. The monoisotopic (exact) mass is 248 g/mol. The van der Waals surface area contributed by atoms with Crippen molar-refractivity contribution in [2.24, 2.45) is 11.1 Å². The minimum absolute atomic E-state index is 0.0395. The highest BCUT2D eigenvalue weighted by Gasteiger charge is 2.48. The van der Waals surface area contributed by atoms with E-state index < -0.39 is 0 Å². The van der Waals surface area contributed by atoms with E-state index in [1.54, 1.807) is 7.11 Å². The Balaban J connectivity index is 2.20. The maximum atomic E-state index is 12.1. The summed E-state index contributed by atoms with van der Waals surface area (Å²) in [5.74, 6) is 0.878. The van der Waals surface area contributed by atoms with Crippen molar-refractivity contribution < 1.29 is 9.53 Å². The van der Waals surface area contributed by atoms with Crippen LogP contribution < -0.4 is 15.8 Å². The lowest BCUT2D eigenvalue weighted by atomic mass is 10.0. The van der Waals surface area contributed by atoms with Gasteiger partial charge >= 0.3 is 0 Å². The van der Waals surface area contributed by atoms with Crippen molar-refractivity contribution in [2.75, 3.05) is 19.0 Å². The Kier molecular flexibility index (Phi) is 3.30. The second-order valence-electron chi connectivity index (χ2n) is 5.00. The lowest BCUT2D eigenvalue weighted by molar-refractivity contribution is -0.120. The summed E-state index contributed by atoms with van der Waals surface area (Å²) in [6.07, 6.45) is 1.78. The standard InChI is InChI=1S/C14H20N2O2/c1-9-10(2)12(18-3)5-4-11(9)16-13(17)14(8-15)6-7-14/h4-5H,6-8,15H2,1-3H3,(H,16,17). The number of methoxy groups -OCH3 is 1. The highest BCUT2D eigenvalue weighted by atomic mass is 16.5. The first-order valence-electron chi connectivity index (χ1n) is 6.20. The molecule has 1 aliphatic carbocycles. The van der Waals surface area contributed by atoms with Crippen LogP contribution in [0.1, 0.15) is 24.0 Å². The fraction of sp³-hybridized carbons (Fsp3) is 0.500. The predicted molar refractivity (Wildman–Crippen MR) is 71.8 cm³/mol. The number of carbonyl (C=O) groups excluding carboxylic acids is 1. The molecule has 0 unspecified atom stereocenters. The second kappa shape index (κ2) is 4.61. The van der Waals surface area contributed by atoms with Gasteiger partial charge in [0.25, 0.3) is 0 Å². The Morgan fingerprint density at radius 2 is 2.06 bits per heavy atom. The molecule has 0 aromatic heterocycles. The molecule has 1 fully saturated rings. The maximum Gasteiger partial charge on any atom is 0.231 e. The van der Waals surface area contributed by atoms with Crippen molar-refractivity contribution in [3.05, 3.63) is 23.3 Å². The van der Waals surface area contributed by atoms with Gasteiger partial charge in [-0.05, 0) is 49.9 Å². The first kappa shape index (κ1) is 12.9. The molecule has 98 valence electrons. The van der Waals surface area contributed by atoms with Crippen LogP contribution in [0.2, 0.25) is 0 Å². The summed E-state index contributed by atoms with van der Waals surface area (Å²) in [5.41, 5.74) is 8.27. The Bertz CT molecular complexity index is 479. The molecule has 1 amide bonds. The molecule has 1 saturated carbocycles. The molecule has 1 aromatic rings. The second-order valence-corrected chi connectivity index (χ2v) is 5.00. The van der Waals surface area contributed by atoms with Crippen molar-refractivity contribution in [1.82, 2.24) is 0 Å². The van der Waals surface area contributed by atoms with Crippen molar-refractivity contribution >= 4 is 11.6 Å². The third-order valence-electron chi connectivity index (χ3n) is 3.93. The fourth-order valence-corrected chi connectivity index (χ4v) is 2.08. The van der Waals surface area contributed by atoms with Crippen molar-refractivity contribution in [3.8, 4) is 5.75 Å². The maximum absolute atomic E-state index is 12.1. The molecule has 18 heavy (non-hydrogen) atoms. The molecule has 0 radical (unpaired) electrons. The van der Waals surface area contributed by atoms with Crippen LogP contribution in [-0.2, 0) is 4.79 Å². The van der Waals surface area contributed by atoms with Crippen LogP contribution in [0.25, 0.3) is 0 Å².